The predicted molar refractivity (Wildman–Crippen MR) is 88.0 cm³/mol. The number of benzene rings is 1. The Hall–Kier alpha value is -2.34. The highest BCUT2D eigenvalue weighted by molar-refractivity contribution is 5.93. The largest absolute Gasteiger partial charge is 0.489 e. The number of oxazole rings is 1. The standard InChI is InChI=1S/C18H22N2O4/c1-12-6-3-4-7-14(12)24-13(2)10-19-18(21)16-17(23-11-20-16)15-8-5-9-22-15/h3-4,6-7,11,13,15H,5,8-10H2,1-2H3,(H,19,21)/t13-,15-/m1/s1. The van der Waals surface area contributed by atoms with E-state index in [4.69, 9.17) is 13.9 Å². The second-order valence-electron chi connectivity index (χ2n) is 5.97. The Labute approximate surface area is 141 Å². The fourth-order valence-corrected chi connectivity index (χ4v) is 2.71. The number of ether oxygens (including phenoxy) is 2. The maximum absolute atomic E-state index is 12.4. The molecule has 1 saturated heterocycles. The van der Waals surface area contributed by atoms with E-state index in [1.165, 1.54) is 6.39 Å². The minimum absolute atomic E-state index is 0.159. The van der Waals surface area contributed by atoms with Gasteiger partial charge >= 0.3 is 0 Å². The first-order chi connectivity index (χ1) is 11.6. The monoisotopic (exact) mass is 330 g/mol. The van der Waals surface area contributed by atoms with Crippen molar-refractivity contribution in [3.05, 3.63) is 47.7 Å². The number of hydrogen-bond donors (Lipinski definition) is 1. The average Bonchev–Trinajstić information content (AvgIpc) is 3.25. The van der Waals surface area contributed by atoms with Crippen molar-refractivity contribution < 1.29 is 18.7 Å². The number of aromatic nitrogens is 1. The van der Waals surface area contributed by atoms with Crippen molar-refractivity contribution >= 4 is 5.91 Å². The van der Waals surface area contributed by atoms with Crippen LogP contribution in [0.2, 0.25) is 0 Å². The van der Waals surface area contributed by atoms with Crippen molar-refractivity contribution in [2.75, 3.05) is 13.2 Å². The van der Waals surface area contributed by atoms with Crippen LogP contribution in [0.4, 0.5) is 0 Å². The Morgan fingerprint density at radius 3 is 3.04 bits per heavy atom. The Morgan fingerprint density at radius 2 is 2.29 bits per heavy atom. The molecule has 1 aromatic carbocycles. The molecule has 0 spiro atoms. The van der Waals surface area contributed by atoms with Crippen LogP contribution < -0.4 is 10.1 Å². The summed E-state index contributed by atoms with van der Waals surface area (Å²) in [7, 11) is 0. The van der Waals surface area contributed by atoms with Crippen molar-refractivity contribution in [2.24, 2.45) is 0 Å². The van der Waals surface area contributed by atoms with Crippen molar-refractivity contribution in [1.82, 2.24) is 10.3 Å². The van der Waals surface area contributed by atoms with Gasteiger partial charge in [-0.3, -0.25) is 4.79 Å². The smallest absolute Gasteiger partial charge is 0.273 e. The van der Waals surface area contributed by atoms with Gasteiger partial charge in [0.25, 0.3) is 5.91 Å². The van der Waals surface area contributed by atoms with Gasteiger partial charge in [0.2, 0.25) is 0 Å². The SMILES string of the molecule is Cc1ccccc1O[C@H](C)CNC(=O)c1ncoc1[C@H]1CCCO1. The number of para-hydroxylation sites is 1. The van der Waals surface area contributed by atoms with Crippen molar-refractivity contribution in [1.29, 1.82) is 0 Å². The molecule has 0 unspecified atom stereocenters. The highest BCUT2D eigenvalue weighted by Crippen LogP contribution is 2.30. The van der Waals surface area contributed by atoms with E-state index >= 15 is 0 Å². The topological polar surface area (TPSA) is 73.6 Å². The van der Waals surface area contributed by atoms with Gasteiger partial charge in [-0.15, -0.1) is 0 Å². The summed E-state index contributed by atoms with van der Waals surface area (Å²) in [6.07, 6.45) is 2.77. The average molecular weight is 330 g/mol. The number of amides is 1. The molecule has 0 aliphatic carbocycles. The molecule has 6 nitrogen and oxygen atoms in total. The first-order valence-corrected chi connectivity index (χ1v) is 8.20. The first kappa shape index (κ1) is 16.5. The van der Waals surface area contributed by atoms with Crippen LogP contribution in [0.3, 0.4) is 0 Å². The fourth-order valence-electron chi connectivity index (χ4n) is 2.71. The van der Waals surface area contributed by atoms with Crippen LogP contribution in [0.1, 0.15) is 47.7 Å². The number of hydrogen-bond acceptors (Lipinski definition) is 5. The van der Waals surface area contributed by atoms with Gasteiger partial charge in [-0.25, -0.2) is 4.98 Å². The zero-order chi connectivity index (χ0) is 16.9. The minimum Gasteiger partial charge on any atom is -0.489 e. The van der Waals surface area contributed by atoms with E-state index < -0.39 is 0 Å². The number of nitrogens with one attached hydrogen (secondary N) is 1. The molecule has 0 bridgehead atoms. The Balaban J connectivity index is 1.56. The van der Waals surface area contributed by atoms with Gasteiger partial charge in [0, 0.05) is 6.61 Å². The lowest BCUT2D eigenvalue weighted by atomic mass is 10.1. The number of rotatable bonds is 6. The Kier molecular flexibility index (Phi) is 5.15. The maximum Gasteiger partial charge on any atom is 0.273 e. The van der Waals surface area contributed by atoms with E-state index in [0.29, 0.717) is 24.6 Å². The normalized spacial score (nSPS) is 18.3. The van der Waals surface area contributed by atoms with Crippen LogP contribution in [0, 0.1) is 6.92 Å². The lowest BCUT2D eigenvalue weighted by molar-refractivity contribution is 0.0851. The summed E-state index contributed by atoms with van der Waals surface area (Å²) in [6.45, 7) is 4.97. The minimum atomic E-state index is -0.269. The second-order valence-corrected chi connectivity index (χ2v) is 5.97. The van der Waals surface area contributed by atoms with Crippen LogP contribution in [0.5, 0.6) is 5.75 Å². The predicted octanol–water partition coefficient (Wildman–Crippen LogP) is 3.03. The first-order valence-electron chi connectivity index (χ1n) is 8.20. The third-order valence-corrected chi connectivity index (χ3v) is 4.00. The molecule has 1 fully saturated rings. The van der Waals surface area contributed by atoms with Gasteiger partial charge in [-0.05, 0) is 38.3 Å². The molecule has 0 saturated carbocycles. The fraction of sp³-hybridized carbons (Fsp3) is 0.444. The zero-order valence-corrected chi connectivity index (χ0v) is 14.0. The molecule has 3 rings (SSSR count). The van der Waals surface area contributed by atoms with Gasteiger partial charge in [-0.1, -0.05) is 18.2 Å². The van der Waals surface area contributed by atoms with E-state index in [-0.39, 0.29) is 18.1 Å². The van der Waals surface area contributed by atoms with Gasteiger partial charge in [0.15, 0.2) is 17.8 Å². The summed E-state index contributed by atoms with van der Waals surface area (Å²) in [6, 6.07) is 7.80. The summed E-state index contributed by atoms with van der Waals surface area (Å²) >= 11 is 0. The lowest BCUT2D eigenvalue weighted by Gasteiger charge is -2.17. The number of nitrogens with zero attached hydrogens (tertiary/aromatic N) is 1. The highest BCUT2D eigenvalue weighted by atomic mass is 16.5. The van der Waals surface area contributed by atoms with Crippen molar-refractivity contribution in [3.63, 3.8) is 0 Å². The summed E-state index contributed by atoms with van der Waals surface area (Å²) in [4.78, 5) is 16.4. The molecule has 1 N–H and O–H groups in total. The Bertz CT molecular complexity index is 692. The van der Waals surface area contributed by atoms with E-state index in [1.54, 1.807) is 0 Å². The van der Waals surface area contributed by atoms with Crippen LogP contribution in [-0.4, -0.2) is 30.1 Å². The van der Waals surface area contributed by atoms with Crippen LogP contribution in [0.25, 0.3) is 0 Å². The molecular weight excluding hydrogens is 308 g/mol. The maximum atomic E-state index is 12.4. The molecule has 1 amide bonds. The summed E-state index contributed by atoms with van der Waals surface area (Å²) in [5, 5.41) is 2.85. The molecule has 6 heteroatoms. The molecule has 1 aliphatic heterocycles. The van der Waals surface area contributed by atoms with Crippen LogP contribution in [-0.2, 0) is 4.74 Å². The van der Waals surface area contributed by atoms with Crippen LogP contribution >= 0.6 is 0 Å². The van der Waals surface area contributed by atoms with Gasteiger partial charge in [-0.2, -0.15) is 0 Å². The van der Waals surface area contributed by atoms with Gasteiger partial charge < -0.3 is 19.2 Å². The van der Waals surface area contributed by atoms with Gasteiger partial charge in [0.05, 0.1) is 6.54 Å². The van der Waals surface area contributed by atoms with Crippen molar-refractivity contribution in [3.8, 4) is 5.75 Å². The quantitative estimate of drug-likeness (QED) is 0.881. The zero-order valence-electron chi connectivity index (χ0n) is 14.0. The van der Waals surface area contributed by atoms with E-state index in [0.717, 1.165) is 24.2 Å². The molecule has 2 aromatic rings. The Morgan fingerprint density at radius 1 is 1.46 bits per heavy atom. The molecule has 2 heterocycles. The number of carbonyl (C=O) groups excluding carboxylic acids is 1. The molecule has 24 heavy (non-hydrogen) atoms. The lowest BCUT2D eigenvalue weighted by Crippen LogP contribution is -2.34. The van der Waals surface area contributed by atoms with Crippen LogP contribution in [0.15, 0.2) is 35.1 Å². The van der Waals surface area contributed by atoms with E-state index in [1.807, 2.05) is 38.1 Å². The van der Waals surface area contributed by atoms with E-state index in [9.17, 15) is 4.79 Å². The van der Waals surface area contributed by atoms with Crippen molar-refractivity contribution in [2.45, 2.75) is 38.9 Å². The number of aryl methyl sites for hydroxylation is 1. The molecule has 2 atom stereocenters. The molecule has 128 valence electrons. The molecule has 1 aliphatic rings. The molecule has 0 radical (unpaired) electrons. The third kappa shape index (κ3) is 3.76. The number of carbonyl (C=O) groups is 1. The summed E-state index contributed by atoms with van der Waals surface area (Å²) < 4.78 is 16.8. The third-order valence-electron chi connectivity index (χ3n) is 4.00. The van der Waals surface area contributed by atoms with Gasteiger partial charge in [0.1, 0.15) is 18.0 Å². The van der Waals surface area contributed by atoms with E-state index in [2.05, 4.69) is 10.3 Å². The molecule has 1 aromatic heterocycles. The highest BCUT2D eigenvalue weighted by Gasteiger charge is 2.28. The second kappa shape index (κ2) is 7.49. The summed E-state index contributed by atoms with van der Waals surface area (Å²) in [5.74, 6) is 1.06. The molecular formula is C18H22N2O4. The summed E-state index contributed by atoms with van der Waals surface area (Å²) in [5.41, 5.74) is 1.36.